The van der Waals surface area contributed by atoms with Crippen molar-refractivity contribution in [3.05, 3.63) is 71.2 Å². The summed E-state index contributed by atoms with van der Waals surface area (Å²) in [6, 6.07) is 17.2. The van der Waals surface area contributed by atoms with Crippen LogP contribution in [0.3, 0.4) is 0 Å². The van der Waals surface area contributed by atoms with Crippen LogP contribution < -0.4 is 4.72 Å². The van der Waals surface area contributed by atoms with E-state index in [0.717, 1.165) is 43.2 Å². The lowest BCUT2D eigenvalue weighted by Gasteiger charge is -2.34. The van der Waals surface area contributed by atoms with E-state index in [1.807, 2.05) is 29.2 Å². The Morgan fingerprint density at radius 1 is 0.970 bits per heavy atom. The van der Waals surface area contributed by atoms with E-state index in [4.69, 9.17) is 11.6 Å². The SMILES string of the molecule is CCCCN1CCN(C(=O)c2ccc(Cl)c(NS(=O)(=O)c3ccc4ccccc4c3)c2)CC1. The lowest BCUT2D eigenvalue weighted by atomic mass is 10.1. The number of sulfonamides is 1. The molecule has 33 heavy (non-hydrogen) atoms. The van der Waals surface area contributed by atoms with E-state index in [1.54, 1.807) is 30.3 Å². The zero-order valence-corrected chi connectivity index (χ0v) is 20.2. The van der Waals surface area contributed by atoms with Crippen molar-refractivity contribution < 1.29 is 13.2 Å². The van der Waals surface area contributed by atoms with Gasteiger partial charge in [0.25, 0.3) is 15.9 Å². The summed E-state index contributed by atoms with van der Waals surface area (Å²) in [6.07, 6.45) is 2.31. The number of piperazine rings is 1. The maximum Gasteiger partial charge on any atom is 0.261 e. The average Bonchev–Trinajstić information content (AvgIpc) is 2.83. The normalized spacial score (nSPS) is 15.0. The zero-order chi connectivity index (χ0) is 23.4. The molecule has 1 aliphatic rings. The largest absolute Gasteiger partial charge is 0.336 e. The van der Waals surface area contributed by atoms with Crippen LogP contribution in [0.15, 0.2) is 65.6 Å². The molecule has 0 aromatic heterocycles. The Bertz CT molecular complexity index is 1250. The molecule has 6 nitrogen and oxygen atoms in total. The number of carbonyl (C=O) groups excluding carboxylic acids is 1. The van der Waals surface area contributed by atoms with Gasteiger partial charge in [-0.05, 0) is 54.1 Å². The molecule has 1 N–H and O–H groups in total. The molecule has 0 bridgehead atoms. The Kier molecular flexibility index (Phi) is 7.22. The van der Waals surface area contributed by atoms with Gasteiger partial charge in [0.2, 0.25) is 0 Å². The molecule has 4 rings (SSSR count). The zero-order valence-electron chi connectivity index (χ0n) is 18.6. The van der Waals surface area contributed by atoms with Gasteiger partial charge in [0.05, 0.1) is 15.6 Å². The third-order valence-corrected chi connectivity index (χ3v) is 7.67. The Hall–Kier alpha value is -2.61. The minimum absolute atomic E-state index is 0.118. The summed E-state index contributed by atoms with van der Waals surface area (Å²) in [7, 11) is -3.88. The highest BCUT2D eigenvalue weighted by molar-refractivity contribution is 7.92. The number of unbranched alkanes of at least 4 members (excludes halogenated alkanes) is 1. The minimum Gasteiger partial charge on any atom is -0.336 e. The average molecular weight is 486 g/mol. The number of rotatable bonds is 7. The molecule has 1 aliphatic heterocycles. The first-order chi connectivity index (χ1) is 15.9. The van der Waals surface area contributed by atoms with Gasteiger partial charge in [-0.15, -0.1) is 0 Å². The van der Waals surface area contributed by atoms with Crippen molar-refractivity contribution in [2.75, 3.05) is 37.4 Å². The number of hydrogen-bond donors (Lipinski definition) is 1. The highest BCUT2D eigenvalue weighted by Crippen LogP contribution is 2.28. The Morgan fingerprint density at radius 2 is 1.70 bits per heavy atom. The van der Waals surface area contributed by atoms with E-state index in [-0.39, 0.29) is 21.5 Å². The van der Waals surface area contributed by atoms with E-state index < -0.39 is 10.0 Å². The molecule has 3 aromatic carbocycles. The van der Waals surface area contributed by atoms with Crippen molar-refractivity contribution in [3.63, 3.8) is 0 Å². The molecule has 0 radical (unpaired) electrons. The lowest BCUT2D eigenvalue weighted by Crippen LogP contribution is -2.48. The fourth-order valence-corrected chi connectivity index (χ4v) is 5.34. The van der Waals surface area contributed by atoms with E-state index >= 15 is 0 Å². The number of benzene rings is 3. The Balaban J connectivity index is 1.50. The first kappa shape index (κ1) is 23.5. The number of carbonyl (C=O) groups is 1. The minimum atomic E-state index is -3.88. The first-order valence-corrected chi connectivity index (χ1v) is 13.1. The number of halogens is 1. The molecule has 8 heteroatoms. The standard InChI is InChI=1S/C25H28ClN3O3S/c1-2-3-12-28-13-15-29(16-14-28)25(30)21-9-11-23(26)24(18-21)27-33(31,32)22-10-8-19-6-4-5-7-20(19)17-22/h4-11,17-18,27H,2-3,12-16H2,1H3. The van der Waals surface area contributed by atoms with Gasteiger partial charge in [-0.3, -0.25) is 14.4 Å². The van der Waals surface area contributed by atoms with Gasteiger partial charge in [-0.25, -0.2) is 8.42 Å². The van der Waals surface area contributed by atoms with Crippen molar-refractivity contribution in [3.8, 4) is 0 Å². The second-order valence-electron chi connectivity index (χ2n) is 8.30. The van der Waals surface area contributed by atoms with E-state index in [9.17, 15) is 13.2 Å². The maximum absolute atomic E-state index is 13.1. The molecule has 0 spiro atoms. The van der Waals surface area contributed by atoms with Crippen LogP contribution in [0.2, 0.25) is 5.02 Å². The van der Waals surface area contributed by atoms with Gasteiger partial charge in [-0.2, -0.15) is 0 Å². The van der Waals surface area contributed by atoms with Crippen LogP contribution in [-0.2, 0) is 10.0 Å². The Labute approximate surface area is 200 Å². The number of nitrogens with zero attached hydrogens (tertiary/aromatic N) is 2. The predicted octanol–water partition coefficient (Wildman–Crippen LogP) is 4.85. The van der Waals surface area contributed by atoms with Gasteiger partial charge in [0.1, 0.15) is 0 Å². The fraction of sp³-hybridized carbons (Fsp3) is 0.320. The van der Waals surface area contributed by atoms with Crippen LogP contribution >= 0.6 is 11.6 Å². The molecule has 174 valence electrons. The lowest BCUT2D eigenvalue weighted by molar-refractivity contribution is 0.0636. The maximum atomic E-state index is 13.1. The van der Waals surface area contributed by atoms with Crippen LogP contribution in [0.1, 0.15) is 30.1 Å². The molecule has 3 aromatic rings. The number of fused-ring (bicyclic) bond motifs is 1. The van der Waals surface area contributed by atoms with E-state index in [1.165, 1.54) is 6.07 Å². The monoisotopic (exact) mass is 485 g/mol. The van der Waals surface area contributed by atoms with Gasteiger partial charge in [0, 0.05) is 31.7 Å². The second kappa shape index (κ2) is 10.1. The highest BCUT2D eigenvalue weighted by Gasteiger charge is 2.23. The molecule has 1 saturated heterocycles. The van der Waals surface area contributed by atoms with Gasteiger partial charge in [0.15, 0.2) is 0 Å². The number of anilines is 1. The van der Waals surface area contributed by atoms with Crippen molar-refractivity contribution in [1.82, 2.24) is 9.80 Å². The predicted molar refractivity (Wildman–Crippen MR) is 133 cm³/mol. The van der Waals surface area contributed by atoms with Gasteiger partial charge in [-0.1, -0.05) is 55.3 Å². The number of nitrogens with one attached hydrogen (secondary N) is 1. The van der Waals surface area contributed by atoms with Crippen LogP contribution in [0.5, 0.6) is 0 Å². The third kappa shape index (κ3) is 5.49. The number of hydrogen-bond acceptors (Lipinski definition) is 4. The molecule has 0 atom stereocenters. The van der Waals surface area contributed by atoms with Crippen molar-refractivity contribution >= 4 is 44.0 Å². The smallest absolute Gasteiger partial charge is 0.261 e. The first-order valence-electron chi connectivity index (χ1n) is 11.2. The van der Waals surface area contributed by atoms with E-state index in [0.29, 0.717) is 18.7 Å². The van der Waals surface area contributed by atoms with Crippen molar-refractivity contribution in [2.24, 2.45) is 0 Å². The summed E-state index contributed by atoms with van der Waals surface area (Å²) in [4.78, 5) is 17.4. The van der Waals surface area contributed by atoms with Crippen LogP contribution in [0.4, 0.5) is 5.69 Å². The van der Waals surface area contributed by atoms with Gasteiger partial charge >= 0.3 is 0 Å². The van der Waals surface area contributed by atoms with Crippen LogP contribution in [0, 0.1) is 0 Å². The summed E-state index contributed by atoms with van der Waals surface area (Å²) >= 11 is 6.28. The summed E-state index contributed by atoms with van der Waals surface area (Å²) in [5.41, 5.74) is 0.606. The third-order valence-electron chi connectivity index (χ3n) is 5.98. The summed E-state index contributed by atoms with van der Waals surface area (Å²) in [5.74, 6) is -0.118. The molecular weight excluding hydrogens is 458 g/mol. The Morgan fingerprint density at radius 3 is 2.42 bits per heavy atom. The fourth-order valence-electron chi connectivity index (χ4n) is 4.01. The van der Waals surface area contributed by atoms with Crippen molar-refractivity contribution in [1.29, 1.82) is 0 Å². The van der Waals surface area contributed by atoms with Crippen molar-refractivity contribution in [2.45, 2.75) is 24.7 Å². The molecule has 1 heterocycles. The molecule has 0 aliphatic carbocycles. The molecular formula is C25H28ClN3O3S. The van der Waals surface area contributed by atoms with E-state index in [2.05, 4.69) is 16.5 Å². The summed E-state index contributed by atoms with van der Waals surface area (Å²) in [6.45, 7) is 6.24. The second-order valence-corrected chi connectivity index (χ2v) is 10.4. The van der Waals surface area contributed by atoms with Crippen LogP contribution in [0.25, 0.3) is 10.8 Å². The molecule has 1 fully saturated rings. The van der Waals surface area contributed by atoms with Gasteiger partial charge < -0.3 is 4.90 Å². The number of amides is 1. The summed E-state index contributed by atoms with van der Waals surface area (Å²) < 4.78 is 28.6. The molecule has 0 unspecified atom stereocenters. The van der Waals surface area contributed by atoms with Crippen LogP contribution in [-0.4, -0.2) is 56.8 Å². The quantitative estimate of drug-likeness (QED) is 0.519. The highest BCUT2D eigenvalue weighted by atomic mass is 35.5. The topological polar surface area (TPSA) is 69.7 Å². The summed E-state index contributed by atoms with van der Waals surface area (Å²) in [5, 5.41) is 2.02. The molecule has 1 amide bonds. The molecule has 0 saturated carbocycles.